The summed E-state index contributed by atoms with van der Waals surface area (Å²) >= 11 is 2.70. The van der Waals surface area contributed by atoms with Crippen LogP contribution in [-0.2, 0) is 11.3 Å². The van der Waals surface area contributed by atoms with Crippen molar-refractivity contribution in [1.82, 2.24) is 14.9 Å². The lowest BCUT2D eigenvalue weighted by Crippen LogP contribution is -2.22. The number of aromatic nitrogens is 2. The number of hydrogen-bond acceptors (Lipinski definition) is 5. The van der Waals surface area contributed by atoms with E-state index in [9.17, 15) is 18.4 Å². The minimum absolute atomic E-state index is 0.0616. The normalized spacial score (nSPS) is 10.7. The highest BCUT2D eigenvalue weighted by atomic mass is 32.2. The second-order valence-electron chi connectivity index (χ2n) is 6.85. The quantitative estimate of drug-likeness (QED) is 0.350. The summed E-state index contributed by atoms with van der Waals surface area (Å²) in [6.07, 6.45) is 3.30. The molecule has 0 saturated carbocycles. The zero-order chi connectivity index (χ0) is 23.2. The van der Waals surface area contributed by atoms with E-state index in [1.807, 2.05) is 23.6 Å². The first-order valence-corrected chi connectivity index (χ1v) is 11.7. The van der Waals surface area contributed by atoms with Crippen LogP contribution in [0.25, 0.3) is 5.69 Å². The van der Waals surface area contributed by atoms with Gasteiger partial charge in [0.2, 0.25) is 5.91 Å². The molecule has 0 aliphatic heterocycles. The fraction of sp³-hybridized carbons (Fsp3) is 0.0870. The van der Waals surface area contributed by atoms with Gasteiger partial charge >= 0.3 is 0 Å². The molecule has 0 fully saturated rings. The van der Waals surface area contributed by atoms with Gasteiger partial charge in [-0.1, -0.05) is 23.9 Å². The molecule has 2 aromatic carbocycles. The van der Waals surface area contributed by atoms with Crippen LogP contribution in [0.1, 0.15) is 15.2 Å². The molecule has 0 unspecified atom stereocenters. The molecule has 0 bridgehead atoms. The second kappa shape index (κ2) is 10.4. The highest BCUT2D eigenvalue weighted by Crippen LogP contribution is 2.22. The van der Waals surface area contributed by atoms with Gasteiger partial charge in [0.25, 0.3) is 5.91 Å². The fourth-order valence-corrected chi connectivity index (χ4v) is 4.40. The van der Waals surface area contributed by atoms with Crippen molar-refractivity contribution in [3.8, 4) is 5.69 Å². The Hall–Kier alpha value is -3.50. The third-order valence-electron chi connectivity index (χ3n) is 4.53. The molecule has 168 valence electrons. The minimum atomic E-state index is -0.717. The van der Waals surface area contributed by atoms with Crippen molar-refractivity contribution in [3.05, 3.63) is 94.4 Å². The zero-order valence-corrected chi connectivity index (χ0v) is 18.8. The molecule has 0 aliphatic carbocycles. The fourth-order valence-electron chi connectivity index (χ4n) is 2.98. The first kappa shape index (κ1) is 22.7. The molecule has 0 spiro atoms. The van der Waals surface area contributed by atoms with Crippen LogP contribution in [0.15, 0.2) is 77.5 Å². The Balaban J connectivity index is 1.40. The van der Waals surface area contributed by atoms with E-state index in [0.717, 1.165) is 34.8 Å². The van der Waals surface area contributed by atoms with Crippen molar-refractivity contribution in [2.75, 3.05) is 11.1 Å². The van der Waals surface area contributed by atoms with E-state index in [1.54, 1.807) is 46.5 Å². The number of thioether (sulfide) groups is 1. The Kier molecular flexibility index (Phi) is 7.16. The molecule has 6 nitrogen and oxygen atoms in total. The molecule has 2 N–H and O–H groups in total. The predicted molar refractivity (Wildman–Crippen MR) is 125 cm³/mol. The van der Waals surface area contributed by atoms with Gasteiger partial charge in [0.05, 0.1) is 18.0 Å². The van der Waals surface area contributed by atoms with Gasteiger partial charge in [-0.25, -0.2) is 13.8 Å². The molecule has 0 aliphatic rings. The van der Waals surface area contributed by atoms with Crippen molar-refractivity contribution in [2.45, 2.75) is 11.7 Å². The van der Waals surface area contributed by atoms with E-state index < -0.39 is 17.5 Å². The van der Waals surface area contributed by atoms with Crippen molar-refractivity contribution in [3.63, 3.8) is 0 Å². The number of halogens is 2. The van der Waals surface area contributed by atoms with E-state index in [0.29, 0.717) is 23.0 Å². The van der Waals surface area contributed by atoms with Crippen LogP contribution >= 0.6 is 23.1 Å². The summed E-state index contributed by atoms with van der Waals surface area (Å²) in [6, 6.07) is 13.8. The summed E-state index contributed by atoms with van der Waals surface area (Å²) in [6.45, 7) is 0.452. The molecule has 0 saturated heterocycles. The van der Waals surface area contributed by atoms with Crippen LogP contribution in [0.4, 0.5) is 14.5 Å². The van der Waals surface area contributed by atoms with Crippen LogP contribution in [0.5, 0.6) is 0 Å². The van der Waals surface area contributed by atoms with Crippen molar-refractivity contribution >= 4 is 40.6 Å². The number of imidazole rings is 1. The van der Waals surface area contributed by atoms with Gasteiger partial charge in [0.15, 0.2) is 5.16 Å². The Labute approximate surface area is 196 Å². The topological polar surface area (TPSA) is 76.0 Å². The largest absolute Gasteiger partial charge is 0.347 e. The summed E-state index contributed by atoms with van der Waals surface area (Å²) in [5.74, 6) is -2.12. The SMILES string of the molecule is O=C(CSc1nccn1-c1cccc(C(=O)NCc2cccs2)c1)Nc1cc(F)ccc1F. The van der Waals surface area contributed by atoms with Gasteiger partial charge in [-0.15, -0.1) is 11.3 Å². The van der Waals surface area contributed by atoms with Crippen molar-refractivity contribution in [1.29, 1.82) is 0 Å². The molecular formula is C23H18F2N4O2S2. The van der Waals surface area contributed by atoms with Crippen LogP contribution in [0.2, 0.25) is 0 Å². The lowest BCUT2D eigenvalue weighted by molar-refractivity contribution is -0.113. The van der Waals surface area contributed by atoms with Crippen molar-refractivity contribution in [2.24, 2.45) is 0 Å². The smallest absolute Gasteiger partial charge is 0.251 e. The first-order valence-electron chi connectivity index (χ1n) is 9.81. The summed E-state index contributed by atoms with van der Waals surface area (Å²) in [5.41, 5.74) is 0.980. The number of carbonyl (C=O) groups is 2. The van der Waals surface area contributed by atoms with Gasteiger partial charge in [0, 0.05) is 34.6 Å². The van der Waals surface area contributed by atoms with Gasteiger partial charge in [0.1, 0.15) is 11.6 Å². The highest BCUT2D eigenvalue weighted by Gasteiger charge is 2.13. The van der Waals surface area contributed by atoms with E-state index in [1.165, 1.54) is 0 Å². The van der Waals surface area contributed by atoms with Crippen LogP contribution in [0.3, 0.4) is 0 Å². The Morgan fingerprint density at radius 2 is 1.97 bits per heavy atom. The standard InChI is InChI=1S/C23H18F2N4O2S2/c24-16-6-7-19(25)20(12-16)28-21(30)14-33-23-26-8-9-29(23)17-4-1-3-15(11-17)22(31)27-13-18-5-2-10-32-18/h1-12H,13-14H2,(H,27,31)(H,28,30). The van der Waals surface area contributed by atoms with Gasteiger partial charge in [-0.05, 0) is 41.8 Å². The lowest BCUT2D eigenvalue weighted by atomic mass is 10.2. The summed E-state index contributed by atoms with van der Waals surface area (Å²) in [5, 5.41) is 7.72. The third-order valence-corrected chi connectivity index (χ3v) is 6.37. The number of amides is 2. The van der Waals surface area contributed by atoms with Crippen LogP contribution in [0, 0.1) is 11.6 Å². The monoisotopic (exact) mass is 484 g/mol. The van der Waals surface area contributed by atoms with Gasteiger partial charge in [-0.2, -0.15) is 0 Å². The Bertz CT molecular complexity index is 1280. The van der Waals surface area contributed by atoms with E-state index in [-0.39, 0.29) is 17.3 Å². The number of nitrogens with zero attached hydrogens (tertiary/aromatic N) is 2. The molecular weight excluding hydrogens is 466 g/mol. The molecule has 2 amide bonds. The summed E-state index contributed by atoms with van der Waals surface area (Å²) < 4.78 is 28.8. The third kappa shape index (κ3) is 5.85. The van der Waals surface area contributed by atoms with Crippen LogP contribution < -0.4 is 10.6 Å². The molecule has 33 heavy (non-hydrogen) atoms. The number of hydrogen-bond donors (Lipinski definition) is 2. The number of rotatable bonds is 8. The molecule has 2 aromatic heterocycles. The average Bonchev–Trinajstić information content (AvgIpc) is 3.51. The number of nitrogens with one attached hydrogen (secondary N) is 2. The molecule has 4 aromatic rings. The maximum atomic E-state index is 13.7. The summed E-state index contributed by atoms with van der Waals surface area (Å²) in [4.78, 5) is 30.1. The average molecular weight is 485 g/mol. The Morgan fingerprint density at radius 3 is 2.79 bits per heavy atom. The van der Waals surface area contributed by atoms with Gasteiger partial charge < -0.3 is 10.6 Å². The highest BCUT2D eigenvalue weighted by molar-refractivity contribution is 7.99. The molecule has 0 radical (unpaired) electrons. The number of carbonyl (C=O) groups excluding carboxylic acids is 2. The van der Waals surface area contributed by atoms with E-state index >= 15 is 0 Å². The maximum Gasteiger partial charge on any atom is 0.251 e. The second-order valence-corrected chi connectivity index (χ2v) is 8.83. The van der Waals surface area contributed by atoms with Crippen LogP contribution in [-0.4, -0.2) is 27.1 Å². The van der Waals surface area contributed by atoms with Gasteiger partial charge in [-0.3, -0.25) is 14.2 Å². The predicted octanol–water partition coefficient (Wildman–Crippen LogP) is 4.87. The minimum Gasteiger partial charge on any atom is -0.347 e. The first-order chi connectivity index (χ1) is 16.0. The molecule has 0 atom stereocenters. The summed E-state index contributed by atoms with van der Waals surface area (Å²) in [7, 11) is 0. The molecule has 4 rings (SSSR count). The number of thiophene rings is 1. The molecule has 2 heterocycles. The Morgan fingerprint density at radius 1 is 1.09 bits per heavy atom. The van der Waals surface area contributed by atoms with E-state index in [4.69, 9.17) is 0 Å². The number of anilines is 1. The molecule has 10 heteroatoms. The lowest BCUT2D eigenvalue weighted by Gasteiger charge is -2.10. The maximum absolute atomic E-state index is 13.7. The zero-order valence-electron chi connectivity index (χ0n) is 17.1. The van der Waals surface area contributed by atoms with Crippen molar-refractivity contribution < 1.29 is 18.4 Å². The number of benzene rings is 2. The van der Waals surface area contributed by atoms with E-state index in [2.05, 4.69) is 15.6 Å².